The molecule has 1 aliphatic rings. The maximum atomic E-state index is 12.6. The zero-order valence-corrected chi connectivity index (χ0v) is 18.8. The van der Waals surface area contributed by atoms with E-state index in [1.54, 1.807) is 0 Å². The Labute approximate surface area is 186 Å². The number of benzene rings is 1. The fourth-order valence-corrected chi connectivity index (χ4v) is 5.35. The summed E-state index contributed by atoms with van der Waals surface area (Å²) in [5, 5.41) is 8.68. The van der Waals surface area contributed by atoms with Gasteiger partial charge in [0.1, 0.15) is 5.69 Å². The molecule has 0 radical (unpaired) electrons. The van der Waals surface area contributed by atoms with E-state index in [0.717, 1.165) is 34.6 Å². The molecule has 4 rings (SSSR count). The van der Waals surface area contributed by atoms with Crippen LogP contribution < -0.4 is 5.56 Å². The van der Waals surface area contributed by atoms with Crippen LogP contribution in [0, 0.1) is 5.92 Å². The molecule has 2 N–H and O–H groups in total. The van der Waals surface area contributed by atoms with Gasteiger partial charge in [0.25, 0.3) is 5.56 Å². The van der Waals surface area contributed by atoms with Crippen LogP contribution in [0.3, 0.4) is 0 Å². The summed E-state index contributed by atoms with van der Waals surface area (Å²) < 4.78 is 0. The maximum Gasteiger partial charge on any atom is 0.254 e. The first-order valence-corrected chi connectivity index (χ1v) is 12.0. The summed E-state index contributed by atoms with van der Waals surface area (Å²) in [6.07, 6.45) is 8.01. The smallest absolute Gasteiger partial charge is 0.254 e. The molecule has 0 aliphatic heterocycles. The summed E-state index contributed by atoms with van der Waals surface area (Å²) in [5.41, 5.74) is 4.34. The van der Waals surface area contributed by atoms with Crippen molar-refractivity contribution in [2.24, 2.45) is 5.92 Å². The average Bonchev–Trinajstić information content (AvgIpc) is 3.14. The summed E-state index contributed by atoms with van der Waals surface area (Å²) in [7, 11) is 0. The van der Waals surface area contributed by atoms with Crippen molar-refractivity contribution in [1.82, 2.24) is 20.2 Å². The second-order valence-corrected chi connectivity index (χ2v) is 9.22. The van der Waals surface area contributed by atoms with Crippen molar-refractivity contribution < 1.29 is 0 Å². The van der Waals surface area contributed by atoms with Gasteiger partial charge in [-0.05, 0) is 18.8 Å². The highest BCUT2D eigenvalue weighted by Gasteiger charge is 2.19. The predicted molar refractivity (Wildman–Crippen MR) is 123 cm³/mol. The van der Waals surface area contributed by atoms with Crippen molar-refractivity contribution in [3.63, 3.8) is 0 Å². The first kappa shape index (κ1) is 21.2. The first-order valence-electron chi connectivity index (χ1n) is 10.7. The normalized spacial score (nSPS) is 14.9. The van der Waals surface area contributed by atoms with Gasteiger partial charge >= 0.3 is 0 Å². The summed E-state index contributed by atoms with van der Waals surface area (Å²) in [5.74, 6) is 1.21. The van der Waals surface area contributed by atoms with Gasteiger partial charge < -0.3 is 4.98 Å². The molecule has 2 aromatic heterocycles. The molecular formula is C23H27ClN4OS. The van der Waals surface area contributed by atoms with Crippen molar-refractivity contribution in [2.45, 2.75) is 62.8 Å². The van der Waals surface area contributed by atoms with E-state index < -0.39 is 0 Å². The third kappa shape index (κ3) is 4.81. The molecule has 1 aliphatic carbocycles. The van der Waals surface area contributed by atoms with Crippen molar-refractivity contribution in [3.8, 4) is 11.3 Å². The van der Waals surface area contributed by atoms with Gasteiger partial charge in [-0.25, -0.2) is 4.98 Å². The summed E-state index contributed by atoms with van der Waals surface area (Å²) in [6.45, 7) is 2.03. The number of aromatic nitrogens is 4. The molecule has 2 heterocycles. The largest absolute Gasteiger partial charge is 0.301 e. The van der Waals surface area contributed by atoms with E-state index in [9.17, 15) is 4.79 Å². The van der Waals surface area contributed by atoms with E-state index in [0.29, 0.717) is 28.3 Å². The van der Waals surface area contributed by atoms with E-state index in [1.807, 2.05) is 37.3 Å². The van der Waals surface area contributed by atoms with Crippen LogP contribution in [0.1, 0.15) is 56.0 Å². The van der Waals surface area contributed by atoms with Crippen LogP contribution >= 0.6 is 23.4 Å². The number of nitrogens with one attached hydrogen (secondary N) is 2. The molecule has 1 aromatic carbocycles. The molecule has 30 heavy (non-hydrogen) atoms. The molecule has 0 unspecified atom stereocenters. The molecule has 3 aromatic rings. The van der Waals surface area contributed by atoms with Gasteiger partial charge in [0.15, 0.2) is 5.16 Å². The highest BCUT2D eigenvalue weighted by molar-refractivity contribution is 7.98. The zero-order valence-electron chi connectivity index (χ0n) is 17.2. The van der Waals surface area contributed by atoms with Crippen LogP contribution in [0.4, 0.5) is 0 Å². The van der Waals surface area contributed by atoms with Gasteiger partial charge in [-0.15, -0.1) is 0 Å². The van der Waals surface area contributed by atoms with Crippen LogP contribution in [-0.4, -0.2) is 20.2 Å². The lowest BCUT2D eigenvalue weighted by atomic mass is 9.85. The number of hydrogen-bond acceptors (Lipinski definition) is 4. The van der Waals surface area contributed by atoms with E-state index in [1.165, 1.54) is 43.9 Å². The number of thioether (sulfide) groups is 1. The number of halogens is 1. The Kier molecular flexibility index (Phi) is 6.95. The molecule has 0 saturated heterocycles. The molecule has 0 spiro atoms. The molecular weight excluding hydrogens is 416 g/mol. The first-order chi connectivity index (χ1) is 14.7. The lowest BCUT2D eigenvalue weighted by Gasteiger charge is -2.22. The number of nitrogens with zero attached hydrogens (tertiary/aromatic N) is 2. The fraction of sp³-hybridized carbons (Fsp3) is 0.435. The van der Waals surface area contributed by atoms with Gasteiger partial charge in [0.05, 0.1) is 16.4 Å². The molecule has 0 atom stereocenters. The van der Waals surface area contributed by atoms with Gasteiger partial charge in [0, 0.05) is 16.9 Å². The van der Waals surface area contributed by atoms with Crippen molar-refractivity contribution in [2.75, 3.05) is 0 Å². The Morgan fingerprint density at radius 1 is 1.17 bits per heavy atom. The Balaban J connectivity index is 1.51. The summed E-state index contributed by atoms with van der Waals surface area (Å²) in [6, 6.07) is 9.87. The second kappa shape index (κ2) is 9.84. The number of rotatable bonds is 7. The van der Waals surface area contributed by atoms with E-state index in [-0.39, 0.29) is 5.56 Å². The highest BCUT2D eigenvalue weighted by atomic mass is 35.5. The van der Waals surface area contributed by atoms with Crippen molar-refractivity contribution in [3.05, 3.63) is 62.7 Å². The van der Waals surface area contributed by atoms with Crippen LogP contribution in [0.5, 0.6) is 0 Å². The van der Waals surface area contributed by atoms with Crippen LogP contribution in [-0.2, 0) is 18.6 Å². The van der Waals surface area contributed by atoms with E-state index >= 15 is 0 Å². The average molecular weight is 443 g/mol. The lowest BCUT2D eigenvalue weighted by molar-refractivity contribution is 0.352. The maximum absolute atomic E-state index is 12.6. The van der Waals surface area contributed by atoms with Gasteiger partial charge in [-0.2, -0.15) is 5.10 Å². The van der Waals surface area contributed by atoms with E-state index in [2.05, 4.69) is 15.2 Å². The van der Waals surface area contributed by atoms with Crippen molar-refractivity contribution >= 4 is 23.4 Å². The lowest BCUT2D eigenvalue weighted by Crippen LogP contribution is -2.21. The summed E-state index contributed by atoms with van der Waals surface area (Å²) >= 11 is 8.05. The van der Waals surface area contributed by atoms with Crippen molar-refractivity contribution in [1.29, 1.82) is 0 Å². The quantitative estimate of drug-likeness (QED) is 0.358. The molecule has 7 heteroatoms. The third-order valence-electron chi connectivity index (χ3n) is 5.82. The monoisotopic (exact) mass is 442 g/mol. The zero-order chi connectivity index (χ0) is 20.9. The molecule has 0 amide bonds. The highest BCUT2D eigenvalue weighted by Crippen LogP contribution is 2.32. The minimum absolute atomic E-state index is 0.0125. The van der Waals surface area contributed by atoms with Crippen LogP contribution in [0.2, 0.25) is 5.02 Å². The Morgan fingerprint density at radius 3 is 2.67 bits per heavy atom. The minimum atomic E-state index is -0.0125. The molecule has 1 saturated carbocycles. The second-order valence-electron chi connectivity index (χ2n) is 7.88. The Bertz CT molecular complexity index is 1040. The Hall–Kier alpha value is -2.05. The fourth-order valence-electron chi connectivity index (χ4n) is 4.18. The SMILES string of the molecule is CCc1c(CC2CCCCC2)nc(SCc2[nH]nc(-c3ccccc3)c2Cl)[nH]c1=O. The van der Waals surface area contributed by atoms with Gasteiger partial charge in [0.2, 0.25) is 0 Å². The molecule has 5 nitrogen and oxygen atoms in total. The van der Waals surface area contributed by atoms with Gasteiger partial charge in [-0.3, -0.25) is 9.89 Å². The molecule has 158 valence electrons. The predicted octanol–water partition coefficient (Wildman–Crippen LogP) is 5.79. The van der Waals surface area contributed by atoms with Gasteiger partial charge in [-0.1, -0.05) is 92.7 Å². The van der Waals surface area contributed by atoms with E-state index in [4.69, 9.17) is 16.6 Å². The number of H-pyrrole nitrogens is 2. The minimum Gasteiger partial charge on any atom is -0.301 e. The topological polar surface area (TPSA) is 74.4 Å². The number of aromatic amines is 2. The van der Waals surface area contributed by atoms with Crippen LogP contribution in [0.15, 0.2) is 40.3 Å². The van der Waals surface area contributed by atoms with Crippen LogP contribution in [0.25, 0.3) is 11.3 Å². The summed E-state index contributed by atoms with van der Waals surface area (Å²) in [4.78, 5) is 20.4. The number of hydrogen-bond donors (Lipinski definition) is 2. The standard InChI is InChI=1S/C23H27ClN4OS/c1-2-17-18(13-15-9-5-3-6-10-15)25-23(26-22(17)29)30-14-19-20(24)21(28-27-19)16-11-7-4-8-12-16/h4,7-8,11-12,15H,2-3,5-6,9-10,13-14H2,1H3,(H,27,28)(H,25,26,29). The third-order valence-corrected chi connectivity index (χ3v) is 7.12. The Morgan fingerprint density at radius 2 is 1.93 bits per heavy atom. The molecule has 0 bridgehead atoms. The molecule has 1 fully saturated rings.